The third-order valence-electron chi connectivity index (χ3n) is 4.10. The Kier molecular flexibility index (Phi) is 6.36. The molecule has 3 rings (SSSR count). The second-order valence-electron chi connectivity index (χ2n) is 6.47. The first-order chi connectivity index (χ1) is 13.4. The van der Waals surface area contributed by atoms with Crippen molar-refractivity contribution in [2.45, 2.75) is 40.2 Å². The van der Waals surface area contributed by atoms with Crippen molar-refractivity contribution in [3.63, 3.8) is 0 Å². The smallest absolute Gasteiger partial charge is 0.352 e. The van der Waals surface area contributed by atoms with Crippen LogP contribution in [0.25, 0.3) is 10.1 Å². The zero-order valence-corrected chi connectivity index (χ0v) is 18.0. The summed E-state index contributed by atoms with van der Waals surface area (Å²) in [5.41, 5.74) is 2.36. The Morgan fingerprint density at radius 3 is 2.61 bits per heavy atom. The molecular formula is C21H23NO4S2. The van der Waals surface area contributed by atoms with E-state index in [1.165, 1.54) is 22.7 Å². The largest absolute Gasteiger partial charge is 0.489 e. The lowest BCUT2D eigenvalue weighted by Crippen LogP contribution is -2.12. The van der Waals surface area contributed by atoms with Crippen LogP contribution in [0.15, 0.2) is 29.0 Å². The van der Waals surface area contributed by atoms with Gasteiger partial charge in [0.15, 0.2) is 10.6 Å². The van der Waals surface area contributed by atoms with Gasteiger partial charge in [-0.1, -0.05) is 6.92 Å². The van der Waals surface area contributed by atoms with Gasteiger partial charge in [0, 0.05) is 21.2 Å². The topological polar surface area (TPSA) is 64.6 Å². The van der Waals surface area contributed by atoms with Gasteiger partial charge in [-0.25, -0.2) is 4.79 Å². The Hall–Kier alpha value is -2.38. The first kappa shape index (κ1) is 20.4. The van der Waals surface area contributed by atoms with E-state index in [0.717, 1.165) is 27.8 Å². The van der Waals surface area contributed by atoms with Gasteiger partial charge >= 0.3 is 5.97 Å². The maximum absolute atomic E-state index is 12.5. The number of hydrogen-bond donors (Lipinski definition) is 1. The van der Waals surface area contributed by atoms with Crippen molar-refractivity contribution in [3.05, 3.63) is 45.0 Å². The zero-order chi connectivity index (χ0) is 20.3. The van der Waals surface area contributed by atoms with E-state index in [2.05, 4.69) is 5.32 Å². The molecule has 1 aromatic carbocycles. The first-order valence-electron chi connectivity index (χ1n) is 9.21. The van der Waals surface area contributed by atoms with E-state index >= 15 is 0 Å². The summed E-state index contributed by atoms with van der Waals surface area (Å²) < 4.78 is 12.1. The molecule has 0 atom stereocenters. The molecule has 2 heterocycles. The standard InChI is InChI=1S/C21H23NO4S2/c1-5-13-9-17-15(10-16(13)22-20(23)14-7-8-27-11-14)18(26-12(3)4)19(28-17)21(24)25-6-2/h7-12H,5-6H2,1-4H3,(H,22,23). The van der Waals surface area contributed by atoms with Crippen molar-refractivity contribution in [1.29, 1.82) is 0 Å². The summed E-state index contributed by atoms with van der Waals surface area (Å²) in [7, 11) is 0. The molecule has 0 aliphatic carbocycles. The number of hydrogen-bond acceptors (Lipinski definition) is 6. The molecule has 0 saturated carbocycles. The number of benzene rings is 1. The number of amides is 1. The fourth-order valence-corrected chi connectivity index (χ4v) is 4.55. The summed E-state index contributed by atoms with van der Waals surface area (Å²) in [5.74, 6) is -0.0223. The van der Waals surface area contributed by atoms with E-state index in [-0.39, 0.29) is 18.0 Å². The molecule has 5 nitrogen and oxygen atoms in total. The Morgan fingerprint density at radius 2 is 2.00 bits per heavy atom. The Balaban J connectivity index is 2.09. The first-order valence-corrected chi connectivity index (χ1v) is 11.0. The van der Waals surface area contributed by atoms with Crippen molar-refractivity contribution in [2.24, 2.45) is 0 Å². The fourth-order valence-electron chi connectivity index (χ4n) is 2.84. The van der Waals surface area contributed by atoms with Gasteiger partial charge in [0.1, 0.15) is 0 Å². The van der Waals surface area contributed by atoms with E-state index < -0.39 is 0 Å². The summed E-state index contributed by atoms with van der Waals surface area (Å²) in [6.07, 6.45) is 0.656. The van der Waals surface area contributed by atoms with Crippen LogP contribution in [0.3, 0.4) is 0 Å². The van der Waals surface area contributed by atoms with Gasteiger partial charge in [0.25, 0.3) is 5.91 Å². The number of ether oxygens (including phenoxy) is 2. The number of rotatable bonds is 7. The number of carbonyl (C=O) groups excluding carboxylic acids is 2. The number of fused-ring (bicyclic) bond motifs is 1. The molecule has 0 radical (unpaired) electrons. The molecule has 0 aliphatic heterocycles. The molecule has 0 spiro atoms. The highest BCUT2D eigenvalue weighted by molar-refractivity contribution is 7.21. The lowest BCUT2D eigenvalue weighted by Gasteiger charge is -2.13. The van der Waals surface area contributed by atoms with Crippen molar-refractivity contribution in [2.75, 3.05) is 11.9 Å². The van der Waals surface area contributed by atoms with Crippen LogP contribution in [-0.4, -0.2) is 24.6 Å². The minimum absolute atomic E-state index is 0.0966. The third-order valence-corrected chi connectivity index (χ3v) is 5.89. The molecule has 148 valence electrons. The average Bonchev–Trinajstić information content (AvgIpc) is 3.30. The van der Waals surface area contributed by atoms with Crippen molar-refractivity contribution >= 4 is 50.3 Å². The van der Waals surface area contributed by atoms with Gasteiger partial charge in [-0.2, -0.15) is 11.3 Å². The summed E-state index contributed by atoms with van der Waals surface area (Å²) in [6.45, 7) is 7.95. The predicted molar refractivity (Wildman–Crippen MR) is 115 cm³/mol. The Morgan fingerprint density at radius 1 is 1.21 bits per heavy atom. The summed E-state index contributed by atoms with van der Waals surface area (Å²) in [4.78, 5) is 25.4. The number of nitrogens with one attached hydrogen (secondary N) is 1. The lowest BCUT2D eigenvalue weighted by atomic mass is 10.1. The minimum atomic E-state index is -0.388. The SMILES string of the molecule is CCOC(=O)c1sc2cc(CC)c(NC(=O)c3ccsc3)cc2c1OC(C)C. The summed E-state index contributed by atoms with van der Waals surface area (Å²) in [5, 5.41) is 7.49. The number of carbonyl (C=O) groups is 2. The molecule has 3 aromatic rings. The van der Waals surface area contributed by atoms with E-state index in [0.29, 0.717) is 22.8 Å². The van der Waals surface area contributed by atoms with Crippen molar-refractivity contribution in [1.82, 2.24) is 0 Å². The van der Waals surface area contributed by atoms with E-state index in [4.69, 9.17) is 9.47 Å². The van der Waals surface area contributed by atoms with Gasteiger partial charge in [-0.3, -0.25) is 4.79 Å². The third kappa shape index (κ3) is 4.20. The van der Waals surface area contributed by atoms with E-state index in [1.807, 2.05) is 43.7 Å². The Labute approximate surface area is 172 Å². The van der Waals surface area contributed by atoms with Crippen LogP contribution in [0.4, 0.5) is 5.69 Å². The van der Waals surface area contributed by atoms with Gasteiger partial charge in [0.05, 0.1) is 18.3 Å². The van der Waals surface area contributed by atoms with Crippen LogP contribution in [-0.2, 0) is 11.2 Å². The van der Waals surface area contributed by atoms with Crippen LogP contribution in [0.5, 0.6) is 5.75 Å². The monoisotopic (exact) mass is 417 g/mol. The van der Waals surface area contributed by atoms with E-state index in [9.17, 15) is 9.59 Å². The van der Waals surface area contributed by atoms with Crippen molar-refractivity contribution < 1.29 is 19.1 Å². The van der Waals surface area contributed by atoms with Crippen LogP contribution < -0.4 is 10.1 Å². The summed E-state index contributed by atoms with van der Waals surface area (Å²) >= 11 is 2.84. The maximum Gasteiger partial charge on any atom is 0.352 e. The summed E-state index contributed by atoms with van der Waals surface area (Å²) in [6, 6.07) is 5.70. The number of anilines is 1. The predicted octanol–water partition coefficient (Wildman–Crippen LogP) is 5.74. The molecule has 0 unspecified atom stereocenters. The number of aryl methyl sites for hydroxylation is 1. The maximum atomic E-state index is 12.5. The highest BCUT2D eigenvalue weighted by Crippen LogP contribution is 2.41. The number of thiophene rings is 2. The van der Waals surface area contributed by atoms with E-state index in [1.54, 1.807) is 13.0 Å². The second kappa shape index (κ2) is 8.75. The molecule has 1 N–H and O–H groups in total. The lowest BCUT2D eigenvalue weighted by molar-refractivity contribution is 0.0526. The fraction of sp³-hybridized carbons (Fsp3) is 0.333. The molecule has 7 heteroatoms. The normalized spacial score (nSPS) is 11.0. The van der Waals surface area contributed by atoms with Crippen molar-refractivity contribution in [3.8, 4) is 5.75 Å². The minimum Gasteiger partial charge on any atom is -0.489 e. The number of esters is 1. The van der Waals surface area contributed by atoms with Gasteiger partial charge in [-0.15, -0.1) is 11.3 Å². The second-order valence-corrected chi connectivity index (χ2v) is 8.30. The molecule has 0 aliphatic rings. The van der Waals surface area contributed by atoms with Gasteiger partial charge < -0.3 is 14.8 Å². The average molecular weight is 418 g/mol. The van der Waals surface area contributed by atoms with Crippen LogP contribution in [0.2, 0.25) is 0 Å². The Bertz CT molecular complexity index is 990. The van der Waals surface area contributed by atoms with Crippen LogP contribution in [0, 0.1) is 0 Å². The molecule has 2 aromatic heterocycles. The molecular weight excluding hydrogens is 394 g/mol. The molecule has 1 amide bonds. The zero-order valence-electron chi connectivity index (χ0n) is 16.3. The molecule has 28 heavy (non-hydrogen) atoms. The quantitative estimate of drug-likeness (QED) is 0.498. The molecule has 0 saturated heterocycles. The van der Waals surface area contributed by atoms with Gasteiger partial charge in [-0.05, 0) is 56.3 Å². The van der Waals surface area contributed by atoms with Gasteiger partial charge in [0.2, 0.25) is 0 Å². The highest BCUT2D eigenvalue weighted by atomic mass is 32.1. The molecule has 0 bridgehead atoms. The highest BCUT2D eigenvalue weighted by Gasteiger charge is 2.23. The van der Waals surface area contributed by atoms with Crippen LogP contribution >= 0.6 is 22.7 Å². The molecule has 0 fully saturated rings. The van der Waals surface area contributed by atoms with Crippen LogP contribution in [0.1, 0.15) is 53.3 Å².